The van der Waals surface area contributed by atoms with Gasteiger partial charge in [-0.05, 0) is 35.9 Å². The molecule has 0 unspecified atom stereocenters. The van der Waals surface area contributed by atoms with Crippen LogP contribution in [0.15, 0.2) is 95.5 Å². The lowest BCUT2D eigenvalue weighted by atomic mass is 10.1. The Morgan fingerprint density at radius 3 is 1.96 bits per heavy atom. The highest BCUT2D eigenvalue weighted by atomic mass is 32.2. The van der Waals surface area contributed by atoms with Crippen molar-refractivity contribution in [3.63, 3.8) is 0 Å². The highest BCUT2D eigenvalue weighted by Gasteiger charge is 2.20. The van der Waals surface area contributed by atoms with Crippen LogP contribution in [-0.4, -0.2) is 19.3 Å². The first-order valence-electron chi connectivity index (χ1n) is 8.14. The number of carbonyl (C=O) groups is 1. The largest absolute Gasteiger partial charge is 0.508 e. The fourth-order valence-electron chi connectivity index (χ4n) is 2.43. The Labute approximate surface area is 157 Å². The quantitative estimate of drug-likeness (QED) is 0.506. The van der Waals surface area contributed by atoms with Gasteiger partial charge < -0.3 is 5.11 Å². The third-order valence-electron chi connectivity index (χ3n) is 3.78. The van der Waals surface area contributed by atoms with Gasteiger partial charge in [0.25, 0.3) is 10.0 Å². The molecular weight excluding hydrogens is 362 g/mol. The summed E-state index contributed by atoms with van der Waals surface area (Å²) in [6.45, 7) is 0. The van der Waals surface area contributed by atoms with Crippen molar-refractivity contribution in [2.75, 3.05) is 0 Å². The number of carbonyl (C=O) groups excluding carboxylic acids is 1. The maximum absolute atomic E-state index is 12.9. The van der Waals surface area contributed by atoms with Crippen molar-refractivity contribution >= 4 is 21.9 Å². The highest BCUT2D eigenvalue weighted by molar-refractivity contribution is 7.89. The van der Waals surface area contributed by atoms with E-state index in [-0.39, 0.29) is 16.3 Å². The van der Waals surface area contributed by atoms with Gasteiger partial charge in [-0.2, -0.15) is 0 Å². The third-order valence-corrected chi connectivity index (χ3v) is 5.16. The molecule has 0 spiro atoms. The first kappa shape index (κ1) is 18.4. The van der Waals surface area contributed by atoms with E-state index in [1.807, 2.05) is 0 Å². The zero-order valence-corrected chi connectivity index (χ0v) is 15.1. The van der Waals surface area contributed by atoms with Crippen molar-refractivity contribution in [1.29, 1.82) is 0 Å². The van der Waals surface area contributed by atoms with E-state index < -0.39 is 15.8 Å². The summed E-state index contributed by atoms with van der Waals surface area (Å²) in [6.07, 6.45) is 1.44. The van der Waals surface area contributed by atoms with Gasteiger partial charge >= 0.3 is 0 Å². The second kappa shape index (κ2) is 7.88. The zero-order chi connectivity index (χ0) is 19.3. The number of rotatable bonds is 6. The van der Waals surface area contributed by atoms with Gasteiger partial charge in [-0.3, -0.25) is 9.52 Å². The molecule has 27 heavy (non-hydrogen) atoms. The number of allylic oxidation sites excluding steroid dienone is 1. The normalized spacial score (nSPS) is 11.8. The molecule has 136 valence electrons. The number of nitrogens with one attached hydrogen (secondary N) is 1. The van der Waals surface area contributed by atoms with Gasteiger partial charge in [0.05, 0.1) is 10.6 Å². The molecule has 0 aromatic heterocycles. The minimum Gasteiger partial charge on any atom is -0.508 e. The highest BCUT2D eigenvalue weighted by Crippen LogP contribution is 2.17. The smallest absolute Gasteiger partial charge is 0.262 e. The molecule has 2 N–H and O–H groups in total. The van der Waals surface area contributed by atoms with Crippen LogP contribution in [0.4, 0.5) is 0 Å². The van der Waals surface area contributed by atoms with Crippen molar-refractivity contribution in [2.24, 2.45) is 0 Å². The van der Waals surface area contributed by atoms with E-state index in [0.29, 0.717) is 11.1 Å². The first-order valence-corrected chi connectivity index (χ1v) is 9.62. The Kier molecular flexibility index (Phi) is 5.38. The maximum Gasteiger partial charge on any atom is 0.262 e. The zero-order valence-electron chi connectivity index (χ0n) is 14.2. The van der Waals surface area contributed by atoms with Gasteiger partial charge in [0.15, 0.2) is 0 Å². The molecule has 0 bridgehead atoms. The number of hydrogen-bond donors (Lipinski definition) is 2. The number of phenols is 1. The average Bonchev–Trinajstić information content (AvgIpc) is 2.70. The molecule has 3 aromatic carbocycles. The summed E-state index contributed by atoms with van der Waals surface area (Å²) in [5.74, 6) is -0.379. The van der Waals surface area contributed by atoms with Crippen LogP contribution >= 0.6 is 0 Å². The Balaban J connectivity index is 2.02. The molecule has 0 saturated heterocycles. The predicted molar refractivity (Wildman–Crippen MR) is 104 cm³/mol. The summed E-state index contributed by atoms with van der Waals surface area (Å²) in [6, 6.07) is 22.3. The Bertz CT molecular complexity index is 1060. The van der Waals surface area contributed by atoms with E-state index in [0.717, 1.165) is 0 Å². The SMILES string of the molecule is O=C(C(=Cc1ccc(O)cc1)NS(=O)(=O)c1ccccc1)c1ccccc1. The molecule has 0 saturated carbocycles. The molecule has 0 amide bonds. The average molecular weight is 379 g/mol. The fourth-order valence-corrected chi connectivity index (χ4v) is 3.50. The summed E-state index contributed by atoms with van der Waals surface area (Å²) in [5.41, 5.74) is 0.844. The van der Waals surface area contributed by atoms with E-state index in [9.17, 15) is 18.3 Å². The molecule has 5 nitrogen and oxygen atoms in total. The van der Waals surface area contributed by atoms with Crippen LogP contribution < -0.4 is 4.72 Å². The van der Waals surface area contributed by atoms with Crippen molar-refractivity contribution in [1.82, 2.24) is 4.72 Å². The molecule has 0 aliphatic rings. The monoisotopic (exact) mass is 379 g/mol. The van der Waals surface area contributed by atoms with Crippen molar-refractivity contribution in [2.45, 2.75) is 4.90 Å². The minimum absolute atomic E-state index is 0.0578. The summed E-state index contributed by atoms with van der Waals surface area (Å²) < 4.78 is 27.7. The minimum atomic E-state index is -3.93. The molecule has 6 heteroatoms. The van der Waals surface area contributed by atoms with Crippen LogP contribution in [0.25, 0.3) is 6.08 Å². The van der Waals surface area contributed by atoms with E-state index in [4.69, 9.17) is 0 Å². The first-order chi connectivity index (χ1) is 13.0. The Hall–Kier alpha value is -3.38. The number of aromatic hydroxyl groups is 1. The summed E-state index contributed by atoms with van der Waals surface area (Å²) in [4.78, 5) is 12.9. The molecule has 3 aromatic rings. The van der Waals surface area contributed by atoms with E-state index in [1.54, 1.807) is 60.7 Å². The standard InChI is InChI=1S/C21H17NO4S/c23-18-13-11-16(12-14-18)15-20(21(24)17-7-3-1-4-8-17)22-27(25,26)19-9-5-2-6-10-19/h1-15,22-23H. The molecule has 0 aliphatic carbocycles. The Morgan fingerprint density at radius 2 is 1.37 bits per heavy atom. The second-order valence-corrected chi connectivity index (χ2v) is 7.45. The van der Waals surface area contributed by atoms with Gasteiger partial charge in [0.1, 0.15) is 5.75 Å². The van der Waals surface area contributed by atoms with E-state index in [1.165, 1.54) is 30.3 Å². The topological polar surface area (TPSA) is 83.5 Å². The van der Waals surface area contributed by atoms with E-state index >= 15 is 0 Å². The molecule has 0 aliphatic heterocycles. The molecular formula is C21H17NO4S. The van der Waals surface area contributed by atoms with Crippen LogP contribution in [0.1, 0.15) is 15.9 Å². The number of hydrogen-bond acceptors (Lipinski definition) is 4. The number of sulfonamides is 1. The Morgan fingerprint density at radius 1 is 0.815 bits per heavy atom. The maximum atomic E-state index is 12.9. The van der Waals surface area contributed by atoms with Gasteiger partial charge in [-0.25, -0.2) is 8.42 Å². The van der Waals surface area contributed by atoms with Crippen molar-refractivity contribution in [3.05, 3.63) is 102 Å². The molecule has 0 fully saturated rings. The van der Waals surface area contributed by atoms with Crippen LogP contribution in [0.2, 0.25) is 0 Å². The lowest BCUT2D eigenvalue weighted by molar-refractivity contribution is 0.103. The molecule has 0 radical (unpaired) electrons. The summed E-state index contributed by atoms with van der Waals surface area (Å²) >= 11 is 0. The predicted octanol–water partition coefficient (Wildman–Crippen LogP) is 3.59. The van der Waals surface area contributed by atoms with Crippen LogP contribution in [0.5, 0.6) is 5.75 Å². The second-order valence-electron chi connectivity index (χ2n) is 5.76. The van der Waals surface area contributed by atoms with Gasteiger partial charge in [-0.15, -0.1) is 0 Å². The molecule has 3 rings (SSSR count). The number of Topliss-reactive ketones (excluding diaryl/α,β-unsaturated/α-hetero) is 1. The van der Waals surface area contributed by atoms with Gasteiger partial charge in [-0.1, -0.05) is 60.7 Å². The number of benzene rings is 3. The molecule has 0 atom stereocenters. The lowest BCUT2D eigenvalue weighted by Gasteiger charge is -2.12. The third kappa shape index (κ3) is 4.62. The van der Waals surface area contributed by atoms with Crippen LogP contribution in [0, 0.1) is 0 Å². The van der Waals surface area contributed by atoms with E-state index in [2.05, 4.69) is 4.72 Å². The van der Waals surface area contributed by atoms with Crippen LogP contribution in [-0.2, 0) is 10.0 Å². The summed E-state index contributed by atoms with van der Waals surface area (Å²) in [5, 5.41) is 9.41. The number of phenolic OH excluding ortho intramolecular Hbond substituents is 1. The van der Waals surface area contributed by atoms with Crippen molar-refractivity contribution < 1.29 is 18.3 Å². The van der Waals surface area contributed by atoms with Crippen LogP contribution in [0.3, 0.4) is 0 Å². The van der Waals surface area contributed by atoms with Gasteiger partial charge in [0.2, 0.25) is 5.78 Å². The molecule has 0 heterocycles. The van der Waals surface area contributed by atoms with Crippen molar-refractivity contribution in [3.8, 4) is 5.75 Å². The fraction of sp³-hybridized carbons (Fsp3) is 0. The summed E-state index contributed by atoms with van der Waals surface area (Å²) in [7, 11) is -3.93. The number of ketones is 1. The lowest BCUT2D eigenvalue weighted by Crippen LogP contribution is -2.27. The van der Waals surface area contributed by atoms with Gasteiger partial charge in [0, 0.05) is 5.56 Å².